The summed E-state index contributed by atoms with van der Waals surface area (Å²) in [6, 6.07) is -1.33. The van der Waals surface area contributed by atoms with Crippen LogP contribution in [0.15, 0.2) is 0 Å². The molecule has 1 saturated heterocycles. The van der Waals surface area contributed by atoms with E-state index in [0.29, 0.717) is 5.92 Å². The van der Waals surface area contributed by atoms with Gasteiger partial charge in [0, 0.05) is 13.0 Å². The summed E-state index contributed by atoms with van der Waals surface area (Å²) in [5.74, 6) is -0.943. The van der Waals surface area contributed by atoms with E-state index in [1.165, 1.54) is 0 Å². The zero-order valence-corrected chi connectivity index (χ0v) is 9.98. The fourth-order valence-corrected chi connectivity index (χ4v) is 1.97. The van der Waals surface area contributed by atoms with Crippen molar-refractivity contribution in [3.8, 4) is 0 Å². The molecule has 0 saturated carbocycles. The maximum absolute atomic E-state index is 11.8. The van der Waals surface area contributed by atoms with Crippen LogP contribution >= 0.6 is 0 Å². The lowest BCUT2D eigenvalue weighted by Crippen LogP contribution is -2.52. The van der Waals surface area contributed by atoms with Crippen molar-refractivity contribution in [1.82, 2.24) is 10.6 Å². The molecule has 1 fully saturated rings. The summed E-state index contributed by atoms with van der Waals surface area (Å²) in [6.07, 6.45) is 1.78. The summed E-state index contributed by atoms with van der Waals surface area (Å²) < 4.78 is 0. The van der Waals surface area contributed by atoms with Gasteiger partial charge in [-0.2, -0.15) is 0 Å². The van der Waals surface area contributed by atoms with Gasteiger partial charge < -0.3 is 20.8 Å². The number of aliphatic hydroxyl groups excluding tert-OH is 1. The highest BCUT2D eigenvalue weighted by atomic mass is 16.4. The van der Waals surface area contributed by atoms with E-state index in [4.69, 9.17) is 10.2 Å². The van der Waals surface area contributed by atoms with Crippen LogP contribution in [0.3, 0.4) is 0 Å². The molecule has 1 heterocycles. The van der Waals surface area contributed by atoms with Gasteiger partial charge in [-0.15, -0.1) is 0 Å². The van der Waals surface area contributed by atoms with Crippen LogP contribution in [-0.2, 0) is 9.59 Å². The molecule has 0 radical (unpaired) electrons. The number of carboxylic acids is 1. The second-order valence-electron chi connectivity index (χ2n) is 4.55. The zero-order chi connectivity index (χ0) is 12.8. The van der Waals surface area contributed by atoms with Crippen molar-refractivity contribution in [2.24, 2.45) is 5.92 Å². The first-order valence-electron chi connectivity index (χ1n) is 5.92. The normalized spacial score (nSPS) is 26.2. The van der Waals surface area contributed by atoms with Gasteiger partial charge in [0.15, 0.2) is 0 Å². The van der Waals surface area contributed by atoms with Crippen molar-refractivity contribution < 1.29 is 19.8 Å². The number of carboxylic acid groups (broad SMARTS) is 1. The first-order valence-corrected chi connectivity index (χ1v) is 5.92. The van der Waals surface area contributed by atoms with Crippen molar-refractivity contribution in [2.45, 2.75) is 38.3 Å². The second-order valence-corrected chi connectivity index (χ2v) is 4.55. The van der Waals surface area contributed by atoms with Gasteiger partial charge in [0.2, 0.25) is 5.91 Å². The summed E-state index contributed by atoms with van der Waals surface area (Å²) >= 11 is 0. The lowest BCUT2D eigenvalue weighted by molar-refractivity contribution is -0.142. The van der Waals surface area contributed by atoms with Gasteiger partial charge >= 0.3 is 5.97 Å². The Balaban J connectivity index is 2.48. The van der Waals surface area contributed by atoms with E-state index in [2.05, 4.69) is 17.6 Å². The Hall–Kier alpha value is -1.14. The van der Waals surface area contributed by atoms with Gasteiger partial charge in [-0.25, -0.2) is 4.79 Å². The van der Waals surface area contributed by atoms with Gasteiger partial charge in [0.05, 0.1) is 6.04 Å². The summed E-state index contributed by atoms with van der Waals surface area (Å²) in [5.41, 5.74) is 0. The Kier molecular flexibility index (Phi) is 5.37. The van der Waals surface area contributed by atoms with E-state index in [0.717, 1.165) is 19.4 Å². The second kappa shape index (κ2) is 6.56. The number of carbonyl (C=O) groups excluding carboxylic acids is 1. The van der Waals surface area contributed by atoms with Crippen molar-refractivity contribution in [3.63, 3.8) is 0 Å². The predicted octanol–water partition coefficient (Wildman–Crippen LogP) is -0.674. The standard InChI is InChI=1S/C11H20N2O4/c1-7-2-4-12-9(6-7)10(15)13-8(3-5-14)11(16)17/h7-9,12,14H,2-6H2,1H3,(H,13,15)(H,16,17)/t7?,8-,9?/m0/s1. The van der Waals surface area contributed by atoms with E-state index in [1.54, 1.807) is 0 Å². The van der Waals surface area contributed by atoms with E-state index in [1.807, 2.05) is 0 Å². The van der Waals surface area contributed by atoms with E-state index < -0.39 is 12.0 Å². The third-order valence-corrected chi connectivity index (χ3v) is 3.01. The van der Waals surface area contributed by atoms with E-state index >= 15 is 0 Å². The van der Waals surface area contributed by atoms with E-state index in [-0.39, 0.29) is 25.0 Å². The Morgan fingerprint density at radius 1 is 1.53 bits per heavy atom. The zero-order valence-electron chi connectivity index (χ0n) is 9.98. The number of nitrogens with one attached hydrogen (secondary N) is 2. The molecule has 1 aliphatic rings. The number of hydrogen-bond donors (Lipinski definition) is 4. The molecule has 0 bridgehead atoms. The third-order valence-electron chi connectivity index (χ3n) is 3.01. The quantitative estimate of drug-likeness (QED) is 0.514. The number of carbonyl (C=O) groups is 2. The smallest absolute Gasteiger partial charge is 0.326 e. The Labute approximate surface area is 100 Å². The SMILES string of the molecule is CC1CCNC(C(=O)N[C@@H](CCO)C(=O)O)C1. The van der Waals surface area contributed by atoms with Gasteiger partial charge in [0.1, 0.15) is 6.04 Å². The molecule has 3 atom stereocenters. The van der Waals surface area contributed by atoms with Crippen LogP contribution in [-0.4, -0.2) is 47.3 Å². The molecule has 1 rings (SSSR count). The van der Waals surface area contributed by atoms with Crippen LogP contribution in [0, 0.1) is 5.92 Å². The molecule has 0 aromatic rings. The molecule has 1 aliphatic heterocycles. The molecular formula is C11H20N2O4. The summed E-state index contributed by atoms with van der Waals surface area (Å²) in [4.78, 5) is 22.6. The lowest BCUT2D eigenvalue weighted by Gasteiger charge is -2.28. The Morgan fingerprint density at radius 3 is 2.76 bits per heavy atom. The molecule has 2 unspecified atom stereocenters. The van der Waals surface area contributed by atoms with Crippen LogP contribution in [0.2, 0.25) is 0 Å². The molecule has 0 spiro atoms. The average molecular weight is 244 g/mol. The number of amides is 1. The third kappa shape index (κ3) is 4.32. The van der Waals surface area contributed by atoms with E-state index in [9.17, 15) is 9.59 Å². The number of rotatable bonds is 5. The number of aliphatic carboxylic acids is 1. The van der Waals surface area contributed by atoms with Crippen molar-refractivity contribution in [1.29, 1.82) is 0 Å². The highest BCUT2D eigenvalue weighted by molar-refractivity contribution is 5.87. The number of piperidine rings is 1. The Morgan fingerprint density at radius 2 is 2.24 bits per heavy atom. The van der Waals surface area contributed by atoms with Crippen molar-refractivity contribution in [2.75, 3.05) is 13.2 Å². The highest BCUT2D eigenvalue weighted by Gasteiger charge is 2.27. The van der Waals surface area contributed by atoms with Crippen LogP contribution in [0.5, 0.6) is 0 Å². The van der Waals surface area contributed by atoms with Crippen LogP contribution in [0.25, 0.3) is 0 Å². The predicted molar refractivity (Wildman–Crippen MR) is 61.5 cm³/mol. The minimum absolute atomic E-state index is 0.0311. The molecule has 98 valence electrons. The van der Waals surface area contributed by atoms with Crippen LogP contribution < -0.4 is 10.6 Å². The first-order chi connectivity index (χ1) is 8.04. The fourth-order valence-electron chi connectivity index (χ4n) is 1.97. The minimum atomic E-state index is -1.11. The number of hydrogen-bond acceptors (Lipinski definition) is 4. The average Bonchev–Trinajstić information content (AvgIpc) is 2.28. The maximum atomic E-state index is 11.8. The van der Waals surface area contributed by atoms with Crippen LogP contribution in [0.4, 0.5) is 0 Å². The first kappa shape index (κ1) is 13.9. The summed E-state index contributed by atoms with van der Waals surface area (Å²) in [7, 11) is 0. The van der Waals surface area contributed by atoms with Gasteiger partial charge in [-0.1, -0.05) is 6.92 Å². The summed E-state index contributed by atoms with van der Waals surface area (Å²) in [6.45, 7) is 2.59. The van der Waals surface area contributed by atoms with Gasteiger partial charge in [-0.05, 0) is 25.3 Å². The van der Waals surface area contributed by atoms with Gasteiger partial charge in [0.25, 0.3) is 0 Å². The van der Waals surface area contributed by atoms with Crippen molar-refractivity contribution >= 4 is 11.9 Å². The molecule has 6 heteroatoms. The molecular weight excluding hydrogens is 224 g/mol. The fraction of sp³-hybridized carbons (Fsp3) is 0.818. The highest BCUT2D eigenvalue weighted by Crippen LogP contribution is 2.15. The summed E-state index contributed by atoms with van der Waals surface area (Å²) in [5, 5.41) is 23.1. The molecule has 0 aromatic heterocycles. The molecule has 4 N–H and O–H groups in total. The molecule has 1 amide bonds. The molecule has 6 nitrogen and oxygen atoms in total. The topological polar surface area (TPSA) is 98.7 Å². The van der Waals surface area contributed by atoms with Gasteiger partial charge in [-0.3, -0.25) is 4.79 Å². The van der Waals surface area contributed by atoms with Crippen molar-refractivity contribution in [3.05, 3.63) is 0 Å². The minimum Gasteiger partial charge on any atom is -0.480 e. The monoisotopic (exact) mass is 244 g/mol. The largest absolute Gasteiger partial charge is 0.480 e. The number of aliphatic hydroxyl groups is 1. The molecule has 0 aromatic carbocycles. The molecule has 17 heavy (non-hydrogen) atoms. The lowest BCUT2D eigenvalue weighted by atomic mass is 9.93. The Bertz CT molecular complexity index is 283. The molecule has 0 aliphatic carbocycles. The van der Waals surface area contributed by atoms with Crippen LogP contribution in [0.1, 0.15) is 26.2 Å². The maximum Gasteiger partial charge on any atom is 0.326 e.